The van der Waals surface area contributed by atoms with Crippen LogP contribution < -0.4 is 0 Å². The molecule has 0 aromatic heterocycles. The molecule has 1 radical (unpaired) electrons. The van der Waals surface area contributed by atoms with Crippen LogP contribution in [0.5, 0.6) is 0 Å². The first kappa shape index (κ1) is 32.0. The summed E-state index contributed by atoms with van der Waals surface area (Å²) in [6.07, 6.45) is 29.0. The van der Waals surface area contributed by atoms with E-state index in [1.807, 2.05) is 11.9 Å². The largest absolute Gasteiger partial charge is 0.480 e. The third-order valence-corrected chi connectivity index (χ3v) is 5.46. The number of carboxylic acid groups (broad SMARTS) is 1. The van der Waals surface area contributed by atoms with Crippen LogP contribution in [0.15, 0.2) is 12.2 Å². The fourth-order valence-electron chi connectivity index (χ4n) is 3.65. The number of hydrogen-bond donors (Lipinski definition) is 1. The molecule has 0 unspecified atom stereocenters. The van der Waals surface area contributed by atoms with Crippen LogP contribution in [-0.2, 0) is 4.79 Å². The molecule has 0 fully saturated rings. The van der Waals surface area contributed by atoms with Gasteiger partial charge in [0, 0.05) is 51.4 Å². The van der Waals surface area contributed by atoms with Crippen LogP contribution in [0.4, 0.5) is 0 Å². The Balaban J connectivity index is 0. The van der Waals surface area contributed by atoms with Gasteiger partial charge in [0.2, 0.25) is 0 Å². The molecule has 4 heteroatoms. The number of rotatable bonds is 22. The van der Waals surface area contributed by atoms with E-state index in [4.69, 9.17) is 5.11 Å². The summed E-state index contributed by atoms with van der Waals surface area (Å²) in [7, 11) is 1.89. The number of carboxylic acids is 1. The molecule has 29 heavy (non-hydrogen) atoms. The molecule has 0 bridgehead atoms. The van der Waals surface area contributed by atoms with E-state index in [-0.39, 0.29) is 57.9 Å². The third-order valence-electron chi connectivity index (χ3n) is 5.46. The Bertz CT molecular complexity index is 361. The van der Waals surface area contributed by atoms with Crippen molar-refractivity contribution in [1.82, 2.24) is 4.90 Å². The Morgan fingerprint density at radius 2 is 1.07 bits per heavy atom. The summed E-state index contributed by atoms with van der Waals surface area (Å²) in [6.45, 7) is 3.34. The van der Waals surface area contributed by atoms with Crippen molar-refractivity contribution in [2.75, 3.05) is 20.1 Å². The minimum Gasteiger partial charge on any atom is -0.480 e. The van der Waals surface area contributed by atoms with Gasteiger partial charge in [-0.25, -0.2) is 0 Å². The molecule has 0 atom stereocenters. The predicted molar refractivity (Wildman–Crippen MR) is 129 cm³/mol. The van der Waals surface area contributed by atoms with Gasteiger partial charge in [-0.15, -0.1) is 0 Å². The van der Waals surface area contributed by atoms with Gasteiger partial charge in [-0.2, -0.15) is 0 Å². The first-order valence-electron chi connectivity index (χ1n) is 12.2. The Kier molecular flexibility index (Phi) is 29.6. The fourth-order valence-corrected chi connectivity index (χ4v) is 3.65. The van der Waals surface area contributed by atoms with Gasteiger partial charge in [-0.1, -0.05) is 103 Å². The van der Waals surface area contributed by atoms with Crippen molar-refractivity contribution in [3.63, 3.8) is 0 Å². The van der Waals surface area contributed by atoms with Gasteiger partial charge in [-0.3, -0.25) is 9.69 Å². The average Bonchev–Trinajstić information content (AvgIpc) is 2.66. The van der Waals surface area contributed by atoms with Gasteiger partial charge >= 0.3 is 5.97 Å². The zero-order chi connectivity index (χ0) is 20.7. The van der Waals surface area contributed by atoms with Gasteiger partial charge in [0.05, 0.1) is 6.54 Å². The number of nitrogens with zero attached hydrogens (tertiary/aromatic N) is 1. The summed E-state index contributed by atoms with van der Waals surface area (Å²) in [4.78, 5) is 12.5. The molecule has 1 N–H and O–H groups in total. The zero-order valence-electron chi connectivity index (χ0n) is 20.1. The van der Waals surface area contributed by atoms with Crippen molar-refractivity contribution in [1.29, 1.82) is 0 Å². The zero-order valence-corrected chi connectivity index (χ0v) is 23.2. The van der Waals surface area contributed by atoms with Gasteiger partial charge in [-0.05, 0) is 45.7 Å². The molecule has 0 aliphatic carbocycles. The molecule has 0 amide bonds. The van der Waals surface area contributed by atoms with Crippen LogP contribution in [0, 0.1) is 0 Å². The number of allylic oxidation sites excluding steroid dienone is 2. The minimum atomic E-state index is -0.730. The van der Waals surface area contributed by atoms with E-state index < -0.39 is 5.97 Å². The van der Waals surface area contributed by atoms with E-state index in [0.29, 0.717) is 0 Å². The maximum absolute atomic E-state index is 10.6. The fraction of sp³-hybridized carbons (Fsp3) is 0.880. The first-order valence-corrected chi connectivity index (χ1v) is 12.2. The molecule has 0 saturated heterocycles. The van der Waals surface area contributed by atoms with E-state index in [1.165, 1.54) is 109 Å². The molecular formula is C25H49KNO2. The summed E-state index contributed by atoms with van der Waals surface area (Å²) < 4.78 is 0. The second kappa shape index (κ2) is 26.8. The smallest absolute Gasteiger partial charge is 0.317 e. The van der Waals surface area contributed by atoms with Gasteiger partial charge < -0.3 is 5.11 Å². The molecule has 0 aliphatic heterocycles. The summed E-state index contributed by atoms with van der Waals surface area (Å²) >= 11 is 0. The summed E-state index contributed by atoms with van der Waals surface area (Å²) in [5.41, 5.74) is 0. The van der Waals surface area contributed by atoms with Crippen molar-refractivity contribution in [3.05, 3.63) is 12.2 Å². The van der Waals surface area contributed by atoms with E-state index in [1.54, 1.807) is 0 Å². The van der Waals surface area contributed by atoms with Crippen molar-refractivity contribution >= 4 is 57.4 Å². The van der Waals surface area contributed by atoms with Crippen LogP contribution >= 0.6 is 0 Å². The molecule has 0 saturated carbocycles. The van der Waals surface area contributed by atoms with Gasteiger partial charge in [0.15, 0.2) is 0 Å². The maximum Gasteiger partial charge on any atom is 0.317 e. The number of aliphatic carboxylic acids is 1. The second-order valence-corrected chi connectivity index (χ2v) is 8.48. The van der Waals surface area contributed by atoms with Gasteiger partial charge in [0.1, 0.15) is 0 Å². The van der Waals surface area contributed by atoms with Crippen molar-refractivity contribution in [2.24, 2.45) is 0 Å². The number of unbranched alkanes of at least 4 members (excludes halogenated alkanes) is 16. The van der Waals surface area contributed by atoms with E-state index in [0.717, 1.165) is 13.0 Å². The van der Waals surface area contributed by atoms with Crippen molar-refractivity contribution in [3.8, 4) is 0 Å². The van der Waals surface area contributed by atoms with Crippen LogP contribution in [0.3, 0.4) is 0 Å². The second-order valence-electron chi connectivity index (χ2n) is 8.48. The SMILES string of the molecule is CCCCCCCC/C=C\CCCCCCCCCCCCN(C)CC(=O)O.[K]. The standard InChI is InChI=1S/C25H49NO2.K/c1-3-4-5-6-7-8-9-10-11-12-13-14-15-16-17-18-19-20-21-22-23-26(2)24-25(27)28;/h10-11H,3-9,12-24H2,1-2H3,(H,27,28);/b11-10-;. The molecule has 0 aliphatic rings. The Morgan fingerprint density at radius 3 is 1.48 bits per heavy atom. The molecule has 167 valence electrons. The molecule has 0 aromatic rings. The molecule has 0 spiro atoms. The quantitative estimate of drug-likeness (QED) is 0.111. The molecule has 0 heterocycles. The summed E-state index contributed by atoms with van der Waals surface area (Å²) in [5.74, 6) is -0.730. The molecule has 3 nitrogen and oxygen atoms in total. The van der Waals surface area contributed by atoms with Crippen molar-refractivity contribution in [2.45, 2.75) is 122 Å². The van der Waals surface area contributed by atoms with Gasteiger partial charge in [0.25, 0.3) is 0 Å². The number of carbonyl (C=O) groups is 1. The molecule has 0 rings (SSSR count). The average molecular weight is 435 g/mol. The Labute approximate surface area is 224 Å². The minimum absolute atomic E-state index is 0. The van der Waals surface area contributed by atoms with Crippen LogP contribution in [-0.4, -0.2) is 87.5 Å². The van der Waals surface area contributed by atoms with Crippen LogP contribution in [0.25, 0.3) is 0 Å². The van der Waals surface area contributed by atoms with E-state index in [2.05, 4.69) is 19.1 Å². The maximum atomic E-state index is 10.6. The predicted octanol–water partition coefficient (Wildman–Crippen LogP) is 7.22. The van der Waals surface area contributed by atoms with E-state index >= 15 is 0 Å². The van der Waals surface area contributed by atoms with E-state index in [9.17, 15) is 4.79 Å². The van der Waals surface area contributed by atoms with Crippen molar-refractivity contribution < 1.29 is 9.90 Å². The van der Waals surface area contributed by atoms with Crippen LogP contribution in [0.1, 0.15) is 122 Å². The third kappa shape index (κ3) is 28.8. The molecule has 0 aromatic carbocycles. The first-order chi connectivity index (χ1) is 13.7. The monoisotopic (exact) mass is 434 g/mol. The molecular weight excluding hydrogens is 385 g/mol. The topological polar surface area (TPSA) is 40.5 Å². The Hall–Kier alpha value is 0.806. The normalized spacial score (nSPS) is 11.3. The van der Waals surface area contributed by atoms with Crippen LogP contribution in [0.2, 0.25) is 0 Å². The Morgan fingerprint density at radius 1 is 0.690 bits per heavy atom. The number of hydrogen-bond acceptors (Lipinski definition) is 2. The summed E-state index contributed by atoms with van der Waals surface area (Å²) in [6, 6.07) is 0. The number of likely N-dealkylation sites (N-methyl/N-ethyl adjacent to an activating group) is 1. The summed E-state index contributed by atoms with van der Waals surface area (Å²) in [5, 5.41) is 8.70.